The highest BCUT2D eigenvalue weighted by Crippen LogP contribution is 2.38. The zero-order chi connectivity index (χ0) is 61.0. The number of hydrogen-bond donors (Lipinski definition) is 10. The van der Waals surface area contributed by atoms with Gasteiger partial charge in [0.15, 0.2) is 0 Å². The molecule has 20 rings (SSSR count). The summed E-state index contributed by atoms with van der Waals surface area (Å²) in [5.74, 6) is 12.8. The van der Waals surface area contributed by atoms with Crippen molar-refractivity contribution in [3.05, 3.63) is 65.2 Å². The van der Waals surface area contributed by atoms with Gasteiger partial charge in [0.25, 0.3) is 0 Å². The fourth-order valence-corrected chi connectivity index (χ4v) is 20.9. The van der Waals surface area contributed by atoms with Crippen LogP contribution in [0.3, 0.4) is 0 Å². The van der Waals surface area contributed by atoms with Crippen LogP contribution in [0, 0.1) is 71.0 Å². The Bertz CT molecular complexity index is 1850. The number of rotatable bonds is 0. The van der Waals surface area contributed by atoms with E-state index in [-0.39, 0.29) is 0 Å². The molecule has 8 aliphatic carbocycles. The van der Waals surface area contributed by atoms with E-state index >= 15 is 0 Å². The molecule has 0 bridgehead atoms. The molecular weight excluding hydrogens is 1100 g/mol. The van der Waals surface area contributed by atoms with Gasteiger partial charge in [-0.1, -0.05) is 132 Å². The van der Waals surface area contributed by atoms with Gasteiger partial charge in [-0.05, 0) is 320 Å². The SMILES string of the molecule is C1CC2CCNC2C1.C1CC2CCNCC2C1.C1CC2CNCC2C1.C1CCC2CNCC2C1.C1CCC2CNCCC2C1.C1CCC2NCCC2C1.C1CCC2NCCCC2C1.C1CNC2CCCC2C1.c1ccc2c(c1)CCN2.c1ccc2c(c1)CNC2. The molecule has 0 spiro atoms. The molecule has 0 radical (unpaired) electrons. The van der Waals surface area contributed by atoms with Crippen LogP contribution in [0.2, 0.25) is 0 Å². The van der Waals surface area contributed by atoms with Gasteiger partial charge in [0.2, 0.25) is 0 Å². The molecule has 10 N–H and O–H groups in total. The lowest BCUT2D eigenvalue weighted by molar-refractivity contribution is 0.185. The molecular formula is C80H138N10. The van der Waals surface area contributed by atoms with Crippen LogP contribution in [0.4, 0.5) is 5.69 Å². The molecule has 10 heterocycles. The smallest absolute Gasteiger partial charge is 0.0373 e. The maximum atomic E-state index is 3.62. The lowest BCUT2D eigenvalue weighted by atomic mass is 9.76. The largest absolute Gasteiger partial charge is 0.384 e. The summed E-state index contributed by atoms with van der Waals surface area (Å²) >= 11 is 0. The van der Waals surface area contributed by atoms with Crippen molar-refractivity contribution in [1.29, 1.82) is 0 Å². The minimum atomic E-state index is 0.905. The molecule has 8 saturated heterocycles. The Kier molecular flexibility index (Phi) is 30.1. The molecule has 2 aromatic carbocycles. The van der Waals surface area contributed by atoms with Crippen molar-refractivity contribution < 1.29 is 0 Å². The predicted molar refractivity (Wildman–Crippen MR) is 382 cm³/mol. The van der Waals surface area contributed by atoms with Gasteiger partial charge in [-0.3, -0.25) is 0 Å². The van der Waals surface area contributed by atoms with E-state index < -0.39 is 0 Å². The van der Waals surface area contributed by atoms with Crippen LogP contribution in [0.15, 0.2) is 48.5 Å². The molecule has 10 heteroatoms. The van der Waals surface area contributed by atoms with Crippen LogP contribution in [0.1, 0.15) is 248 Å². The lowest BCUT2D eigenvalue weighted by Gasteiger charge is -2.36. The van der Waals surface area contributed by atoms with Crippen molar-refractivity contribution >= 4 is 5.69 Å². The van der Waals surface area contributed by atoms with E-state index in [4.69, 9.17) is 0 Å². The summed E-state index contributed by atoms with van der Waals surface area (Å²) in [5.41, 5.74) is 5.69. The van der Waals surface area contributed by atoms with Gasteiger partial charge in [-0.15, -0.1) is 0 Å². The van der Waals surface area contributed by atoms with Gasteiger partial charge in [0.05, 0.1) is 0 Å². The van der Waals surface area contributed by atoms with Crippen LogP contribution in [0.25, 0.3) is 0 Å². The zero-order valence-electron chi connectivity index (χ0n) is 57.6. The summed E-state index contributed by atoms with van der Waals surface area (Å²) in [7, 11) is 0. The van der Waals surface area contributed by atoms with Crippen molar-refractivity contribution in [3.63, 3.8) is 0 Å². The van der Waals surface area contributed by atoms with E-state index in [2.05, 4.69) is 102 Å². The minimum absolute atomic E-state index is 0.905. The standard InChI is InChI=1S/2C9H17N.3C8H15N.C8H9N.C8H15N.C8H9N.2C7H13N/c1-2-6-9-8(4-1)5-3-7-10-9;1-2-4-9-7-10-6-5-8(9)3-1;1-3-7-4-2-6-9-8(7)5-1;1-2-7-4-5-9-6-8(7)3-1;2*1-2-4-8-6-9-5-7(8)3-1;2*1-2-4-8-7(3-1)5-6-9-8;1-2-6-4-8-5-7(6)3-1;1-2-6-4-5-8-7(6)3-1/h2*8-10H,1-7H2;3*7-9H,1-6H2;1-4,9H,5-6H2;7-9H,1-6H2;1-4,9H,5-6H2;2*6-8H,1-5H2. The van der Waals surface area contributed by atoms with Gasteiger partial charge in [0.1, 0.15) is 0 Å². The highest BCUT2D eigenvalue weighted by Gasteiger charge is 2.34. The fourth-order valence-electron chi connectivity index (χ4n) is 20.9. The highest BCUT2D eigenvalue weighted by molar-refractivity contribution is 5.54. The van der Waals surface area contributed by atoms with E-state index in [0.29, 0.717) is 0 Å². The maximum Gasteiger partial charge on any atom is 0.0373 e. The normalized spacial score (nSPS) is 37.2. The van der Waals surface area contributed by atoms with E-state index in [1.54, 1.807) is 0 Å². The first-order chi connectivity index (χ1) is 44.7. The summed E-state index contributed by atoms with van der Waals surface area (Å²) < 4.78 is 0. The molecule has 90 heavy (non-hydrogen) atoms. The Balaban J connectivity index is 0.000000103. The first-order valence-corrected chi connectivity index (χ1v) is 40.0. The molecule has 10 aliphatic heterocycles. The van der Waals surface area contributed by atoms with Crippen molar-refractivity contribution in [3.8, 4) is 0 Å². The second kappa shape index (κ2) is 39.2. The second-order valence-corrected chi connectivity index (χ2v) is 32.1. The maximum absolute atomic E-state index is 3.62. The number of hydrogen-bond acceptors (Lipinski definition) is 10. The van der Waals surface area contributed by atoms with Gasteiger partial charge >= 0.3 is 0 Å². The average Bonchev–Trinajstić information content (AvgIpc) is 4.62. The predicted octanol–water partition coefficient (Wildman–Crippen LogP) is 14.7. The number of piperidine rings is 4. The molecule has 16 atom stereocenters. The van der Waals surface area contributed by atoms with Crippen LogP contribution >= 0.6 is 0 Å². The third-order valence-electron chi connectivity index (χ3n) is 26.4. The van der Waals surface area contributed by atoms with Gasteiger partial charge < -0.3 is 53.2 Å². The first-order valence-electron chi connectivity index (χ1n) is 40.0. The quantitative estimate of drug-likeness (QED) is 0.125. The summed E-state index contributed by atoms with van der Waals surface area (Å²) in [6.45, 7) is 18.8. The summed E-state index contributed by atoms with van der Waals surface area (Å²) in [5, 5.41) is 34.7. The van der Waals surface area contributed by atoms with Gasteiger partial charge in [0, 0.05) is 49.5 Å². The van der Waals surface area contributed by atoms with Crippen molar-refractivity contribution in [1.82, 2.24) is 47.9 Å². The van der Waals surface area contributed by atoms with Gasteiger partial charge in [-0.25, -0.2) is 0 Å². The molecule has 0 amide bonds. The summed E-state index contributed by atoms with van der Waals surface area (Å²) in [6, 6.07) is 20.7. The number of anilines is 1. The third-order valence-corrected chi connectivity index (χ3v) is 26.4. The average molecular weight is 1240 g/mol. The molecule has 0 aromatic heterocycles. The number of benzene rings is 2. The van der Waals surface area contributed by atoms with E-state index in [9.17, 15) is 0 Å². The molecule has 18 aliphatic rings. The molecule has 16 fully saturated rings. The zero-order valence-corrected chi connectivity index (χ0v) is 57.6. The Morgan fingerprint density at radius 2 is 0.533 bits per heavy atom. The second-order valence-electron chi connectivity index (χ2n) is 32.1. The number of para-hydroxylation sites is 1. The third kappa shape index (κ3) is 22.0. The number of nitrogens with one attached hydrogen (secondary N) is 10. The molecule has 16 unspecified atom stereocenters. The molecule has 508 valence electrons. The van der Waals surface area contributed by atoms with E-state index in [1.807, 2.05) is 0 Å². The van der Waals surface area contributed by atoms with Crippen molar-refractivity contribution in [2.24, 2.45) is 71.0 Å². The van der Waals surface area contributed by atoms with Crippen LogP contribution < -0.4 is 53.2 Å². The topological polar surface area (TPSA) is 120 Å². The van der Waals surface area contributed by atoms with E-state index in [1.165, 1.54) is 338 Å². The van der Waals surface area contributed by atoms with Crippen LogP contribution in [-0.2, 0) is 19.5 Å². The van der Waals surface area contributed by atoms with Crippen LogP contribution in [-0.4, -0.2) is 109 Å². The summed E-state index contributed by atoms with van der Waals surface area (Å²) in [6.07, 6.45) is 54.5. The number of fused-ring (bicyclic) bond motifs is 10. The lowest BCUT2D eigenvalue weighted by Crippen LogP contribution is -2.42. The minimum Gasteiger partial charge on any atom is -0.384 e. The Labute approximate surface area is 552 Å². The van der Waals surface area contributed by atoms with Crippen molar-refractivity contribution in [2.45, 2.75) is 275 Å². The Hall–Kier alpha value is -2.12. The van der Waals surface area contributed by atoms with Gasteiger partial charge in [-0.2, -0.15) is 0 Å². The fraction of sp³-hybridized carbons (Fsp3) is 0.850. The summed E-state index contributed by atoms with van der Waals surface area (Å²) in [4.78, 5) is 0. The monoisotopic (exact) mass is 1240 g/mol. The molecule has 10 nitrogen and oxygen atoms in total. The molecule has 8 saturated carbocycles. The van der Waals surface area contributed by atoms with Crippen molar-refractivity contribution in [2.75, 3.05) is 90.4 Å². The Morgan fingerprint density at radius 1 is 0.222 bits per heavy atom. The molecule has 2 aromatic rings. The Morgan fingerprint density at radius 3 is 0.978 bits per heavy atom. The van der Waals surface area contributed by atoms with Crippen LogP contribution in [0.5, 0.6) is 0 Å². The van der Waals surface area contributed by atoms with E-state index in [0.717, 1.165) is 115 Å². The highest BCUT2D eigenvalue weighted by atomic mass is 15.0. The first kappa shape index (κ1) is 69.2.